The van der Waals surface area contributed by atoms with Crippen LogP contribution in [0.2, 0.25) is 0 Å². The molecule has 0 atom stereocenters. The summed E-state index contributed by atoms with van der Waals surface area (Å²) in [5, 5.41) is 1.91. The fourth-order valence-electron chi connectivity index (χ4n) is 1.04. The lowest BCUT2D eigenvalue weighted by atomic mass is 10.2. The van der Waals surface area contributed by atoms with Crippen molar-refractivity contribution in [3.05, 3.63) is 40.2 Å². The Morgan fingerprint density at radius 2 is 2.23 bits per heavy atom. The Labute approximate surface area is 87.4 Å². The summed E-state index contributed by atoms with van der Waals surface area (Å²) in [5.74, 6) is -0.425. The van der Waals surface area contributed by atoms with Crippen LogP contribution < -0.4 is 0 Å². The SMILES string of the molecule is Fc1ncccc1-c1sccc1Br. The minimum atomic E-state index is -0.425. The van der Waals surface area contributed by atoms with Crippen LogP contribution >= 0.6 is 27.3 Å². The molecule has 1 nitrogen and oxygen atoms in total. The van der Waals surface area contributed by atoms with Gasteiger partial charge in [0.2, 0.25) is 5.95 Å². The van der Waals surface area contributed by atoms with E-state index in [4.69, 9.17) is 0 Å². The second-order valence-electron chi connectivity index (χ2n) is 2.44. The van der Waals surface area contributed by atoms with Gasteiger partial charge in [0, 0.05) is 16.2 Å². The van der Waals surface area contributed by atoms with Gasteiger partial charge in [-0.3, -0.25) is 0 Å². The molecule has 0 aliphatic heterocycles. The van der Waals surface area contributed by atoms with Gasteiger partial charge in [-0.15, -0.1) is 11.3 Å². The standard InChI is InChI=1S/C9H5BrFNS/c10-7-3-5-13-8(7)6-2-1-4-12-9(6)11/h1-5H. The van der Waals surface area contributed by atoms with E-state index in [9.17, 15) is 4.39 Å². The Bertz CT molecular complexity index is 427. The van der Waals surface area contributed by atoms with Crippen LogP contribution in [0, 0.1) is 5.95 Å². The van der Waals surface area contributed by atoms with Crippen LogP contribution in [-0.4, -0.2) is 4.98 Å². The van der Waals surface area contributed by atoms with E-state index in [1.807, 2.05) is 11.4 Å². The number of hydrogen-bond donors (Lipinski definition) is 0. The molecule has 2 rings (SSSR count). The molecule has 0 aliphatic rings. The first-order valence-electron chi connectivity index (χ1n) is 3.63. The topological polar surface area (TPSA) is 12.9 Å². The van der Waals surface area contributed by atoms with Gasteiger partial charge in [-0.2, -0.15) is 4.39 Å². The largest absolute Gasteiger partial charge is 0.228 e. The lowest BCUT2D eigenvalue weighted by Gasteiger charge is -1.98. The molecule has 0 N–H and O–H groups in total. The smallest absolute Gasteiger partial charge is 0.221 e. The van der Waals surface area contributed by atoms with Crippen molar-refractivity contribution in [1.82, 2.24) is 4.98 Å². The molecular weight excluding hydrogens is 253 g/mol. The summed E-state index contributed by atoms with van der Waals surface area (Å²) in [6.45, 7) is 0. The lowest BCUT2D eigenvalue weighted by Crippen LogP contribution is -1.85. The summed E-state index contributed by atoms with van der Waals surface area (Å²) >= 11 is 4.84. The Morgan fingerprint density at radius 1 is 1.38 bits per heavy atom. The molecule has 0 radical (unpaired) electrons. The van der Waals surface area contributed by atoms with Gasteiger partial charge in [0.1, 0.15) is 0 Å². The number of hydrogen-bond acceptors (Lipinski definition) is 2. The molecule has 2 heterocycles. The van der Waals surface area contributed by atoms with Gasteiger partial charge in [0.25, 0.3) is 0 Å². The highest BCUT2D eigenvalue weighted by atomic mass is 79.9. The van der Waals surface area contributed by atoms with Gasteiger partial charge < -0.3 is 0 Å². The van der Waals surface area contributed by atoms with E-state index in [2.05, 4.69) is 20.9 Å². The van der Waals surface area contributed by atoms with Crippen molar-refractivity contribution < 1.29 is 4.39 Å². The van der Waals surface area contributed by atoms with E-state index in [1.54, 1.807) is 12.1 Å². The van der Waals surface area contributed by atoms with E-state index < -0.39 is 5.95 Å². The molecule has 2 aromatic rings. The molecule has 13 heavy (non-hydrogen) atoms. The van der Waals surface area contributed by atoms with E-state index >= 15 is 0 Å². The molecule has 0 unspecified atom stereocenters. The molecule has 0 aliphatic carbocycles. The predicted molar refractivity (Wildman–Crippen MR) is 55.2 cm³/mol. The Balaban J connectivity index is 2.59. The van der Waals surface area contributed by atoms with Crippen molar-refractivity contribution in [2.24, 2.45) is 0 Å². The summed E-state index contributed by atoms with van der Waals surface area (Å²) in [4.78, 5) is 4.48. The first-order chi connectivity index (χ1) is 6.29. The van der Waals surface area contributed by atoms with E-state index in [0.29, 0.717) is 5.56 Å². The van der Waals surface area contributed by atoms with Gasteiger partial charge >= 0.3 is 0 Å². The number of aromatic nitrogens is 1. The molecule has 66 valence electrons. The highest BCUT2D eigenvalue weighted by Crippen LogP contribution is 2.33. The minimum absolute atomic E-state index is 0.425. The molecule has 0 aromatic carbocycles. The third kappa shape index (κ3) is 1.64. The zero-order chi connectivity index (χ0) is 9.26. The van der Waals surface area contributed by atoms with Gasteiger partial charge in [-0.1, -0.05) is 0 Å². The zero-order valence-electron chi connectivity index (χ0n) is 6.50. The molecule has 0 saturated carbocycles. The normalized spacial score (nSPS) is 10.3. The highest BCUT2D eigenvalue weighted by molar-refractivity contribution is 9.10. The lowest BCUT2D eigenvalue weighted by molar-refractivity contribution is 0.588. The zero-order valence-corrected chi connectivity index (χ0v) is 8.90. The van der Waals surface area contributed by atoms with E-state index in [-0.39, 0.29) is 0 Å². The van der Waals surface area contributed by atoms with Gasteiger partial charge in [-0.25, -0.2) is 4.98 Å². The van der Waals surface area contributed by atoms with Gasteiger partial charge in [0.15, 0.2) is 0 Å². The number of pyridine rings is 1. The Kier molecular flexibility index (Phi) is 2.42. The summed E-state index contributed by atoms with van der Waals surface area (Å²) in [6, 6.07) is 5.34. The maximum atomic E-state index is 13.2. The average molecular weight is 258 g/mol. The average Bonchev–Trinajstić information content (AvgIpc) is 2.52. The van der Waals surface area contributed by atoms with Crippen LogP contribution in [-0.2, 0) is 0 Å². The summed E-state index contributed by atoms with van der Waals surface area (Å²) in [5.41, 5.74) is 0.546. The minimum Gasteiger partial charge on any atom is -0.228 e. The van der Waals surface area contributed by atoms with Crippen LogP contribution in [0.4, 0.5) is 4.39 Å². The number of rotatable bonds is 1. The quantitative estimate of drug-likeness (QED) is 0.710. The third-order valence-electron chi connectivity index (χ3n) is 1.62. The first-order valence-corrected chi connectivity index (χ1v) is 5.30. The maximum absolute atomic E-state index is 13.2. The number of halogens is 2. The second-order valence-corrected chi connectivity index (χ2v) is 4.21. The maximum Gasteiger partial charge on any atom is 0.221 e. The molecule has 0 fully saturated rings. The second kappa shape index (κ2) is 3.55. The number of nitrogens with zero attached hydrogens (tertiary/aromatic N) is 1. The van der Waals surface area contributed by atoms with Crippen LogP contribution in [0.5, 0.6) is 0 Å². The van der Waals surface area contributed by atoms with Crippen molar-refractivity contribution in [2.45, 2.75) is 0 Å². The molecule has 0 spiro atoms. The first kappa shape index (κ1) is 8.84. The van der Waals surface area contributed by atoms with Crippen molar-refractivity contribution in [2.75, 3.05) is 0 Å². The van der Waals surface area contributed by atoms with E-state index in [1.165, 1.54) is 17.5 Å². The fraction of sp³-hybridized carbons (Fsp3) is 0. The van der Waals surface area contributed by atoms with Gasteiger partial charge in [-0.05, 0) is 39.5 Å². The Morgan fingerprint density at radius 3 is 2.85 bits per heavy atom. The van der Waals surface area contributed by atoms with Crippen molar-refractivity contribution in [1.29, 1.82) is 0 Å². The monoisotopic (exact) mass is 257 g/mol. The summed E-state index contributed by atoms with van der Waals surface area (Å²) in [7, 11) is 0. The predicted octanol–water partition coefficient (Wildman–Crippen LogP) is 3.71. The van der Waals surface area contributed by atoms with Crippen molar-refractivity contribution in [3.8, 4) is 10.4 Å². The molecular formula is C9H5BrFNS. The van der Waals surface area contributed by atoms with Crippen LogP contribution in [0.1, 0.15) is 0 Å². The van der Waals surface area contributed by atoms with Crippen LogP contribution in [0.25, 0.3) is 10.4 Å². The molecule has 0 amide bonds. The number of thiophene rings is 1. The summed E-state index contributed by atoms with van der Waals surface area (Å²) < 4.78 is 14.1. The highest BCUT2D eigenvalue weighted by Gasteiger charge is 2.09. The Hall–Kier alpha value is -0.740. The van der Waals surface area contributed by atoms with Crippen LogP contribution in [0.3, 0.4) is 0 Å². The van der Waals surface area contributed by atoms with Crippen molar-refractivity contribution in [3.63, 3.8) is 0 Å². The third-order valence-corrected chi connectivity index (χ3v) is 3.49. The summed E-state index contributed by atoms with van der Waals surface area (Å²) in [6.07, 6.45) is 1.44. The molecule has 0 saturated heterocycles. The van der Waals surface area contributed by atoms with E-state index in [0.717, 1.165) is 9.35 Å². The van der Waals surface area contributed by atoms with Crippen LogP contribution in [0.15, 0.2) is 34.2 Å². The fourth-order valence-corrected chi connectivity index (χ4v) is 2.64. The molecule has 4 heteroatoms. The van der Waals surface area contributed by atoms with Gasteiger partial charge in [0.05, 0.1) is 4.88 Å². The van der Waals surface area contributed by atoms with Crippen molar-refractivity contribution >= 4 is 27.3 Å². The molecule has 2 aromatic heterocycles. The molecule has 0 bridgehead atoms.